The molecular formula is C19H17N5OS. The van der Waals surface area contributed by atoms with Crippen molar-refractivity contribution in [3.05, 3.63) is 59.7 Å². The van der Waals surface area contributed by atoms with Gasteiger partial charge in [-0.15, -0.1) is 11.8 Å². The van der Waals surface area contributed by atoms with E-state index in [0.29, 0.717) is 6.54 Å². The van der Waals surface area contributed by atoms with Crippen LogP contribution in [0.15, 0.2) is 43.0 Å². The number of aromatic amines is 1. The Morgan fingerprint density at radius 2 is 2.15 bits per heavy atom. The Morgan fingerprint density at radius 1 is 1.19 bits per heavy atom. The third-order valence-corrected chi connectivity index (χ3v) is 5.82. The van der Waals surface area contributed by atoms with Gasteiger partial charge in [-0.1, -0.05) is 6.07 Å². The molecular weight excluding hydrogens is 346 g/mol. The molecule has 0 radical (unpaired) electrons. The zero-order valence-corrected chi connectivity index (χ0v) is 14.8. The Morgan fingerprint density at radius 3 is 3.12 bits per heavy atom. The van der Waals surface area contributed by atoms with Crippen LogP contribution < -0.4 is 10.2 Å². The number of anilines is 1. The van der Waals surface area contributed by atoms with Crippen molar-refractivity contribution in [2.24, 2.45) is 0 Å². The molecule has 6 nitrogen and oxygen atoms in total. The van der Waals surface area contributed by atoms with Crippen LogP contribution in [-0.2, 0) is 6.42 Å². The van der Waals surface area contributed by atoms with E-state index in [1.807, 2.05) is 36.2 Å². The summed E-state index contributed by atoms with van der Waals surface area (Å²) in [7, 11) is 0. The van der Waals surface area contributed by atoms with Crippen LogP contribution in [0.25, 0.3) is 15.9 Å². The van der Waals surface area contributed by atoms with Crippen LogP contribution in [0.2, 0.25) is 0 Å². The van der Waals surface area contributed by atoms with Gasteiger partial charge in [0.05, 0.1) is 5.39 Å². The minimum Gasteiger partial charge on any atom is -0.352 e. The summed E-state index contributed by atoms with van der Waals surface area (Å²) in [6.07, 6.45) is 6.53. The molecule has 3 aromatic rings. The number of thioether (sulfide) groups is 1. The molecule has 2 N–H and O–H groups in total. The van der Waals surface area contributed by atoms with E-state index in [-0.39, 0.29) is 5.91 Å². The lowest BCUT2D eigenvalue weighted by Gasteiger charge is -2.26. The predicted octanol–water partition coefficient (Wildman–Crippen LogP) is 2.80. The Hall–Kier alpha value is -2.80. The first-order valence-electron chi connectivity index (χ1n) is 8.60. The molecule has 0 fully saturated rings. The van der Waals surface area contributed by atoms with E-state index in [9.17, 15) is 4.79 Å². The Kier molecular flexibility index (Phi) is 3.67. The number of carbonyl (C=O) groups is 1. The molecule has 0 spiro atoms. The van der Waals surface area contributed by atoms with Gasteiger partial charge >= 0.3 is 0 Å². The summed E-state index contributed by atoms with van der Waals surface area (Å²) in [6, 6.07) is 8.15. The van der Waals surface area contributed by atoms with Crippen molar-refractivity contribution in [1.82, 2.24) is 20.3 Å². The highest BCUT2D eigenvalue weighted by Gasteiger charge is 2.20. The molecule has 0 bridgehead atoms. The monoisotopic (exact) mass is 363 g/mol. The van der Waals surface area contributed by atoms with Crippen molar-refractivity contribution in [2.45, 2.75) is 6.42 Å². The molecule has 0 unspecified atom stereocenters. The van der Waals surface area contributed by atoms with E-state index >= 15 is 0 Å². The highest BCUT2D eigenvalue weighted by Crippen LogP contribution is 2.35. The molecule has 0 atom stereocenters. The number of carbonyl (C=O) groups excluding carboxylic acids is 1. The third kappa shape index (κ3) is 2.55. The normalized spacial score (nSPS) is 17.0. The van der Waals surface area contributed by atoms with E-state index in [1.165, 1.54) is 4.91 Å². The summed E-state index contributed by atoms with van der Waals surface area (Å²) in [5, 5.41) is 3.92. The van der Waals surface area contributed by atoms with Gasteiger partial charge in [-0.25, -0.2) is 9.97 Å². The van der Waals surface area contributed by atoms with E-state index in [0.717, 1.165) is 52.3 Å². The van der Waals surface area contributed by atoms with Crippen LogP contribution in [0.1, 0.15) is 21.5 Å². The first kappa shape index (κ1) is 15.5. The molecule has 130 valence electrons. The summed E-state index contributed by atoms with van der Waals surface area (Å²) in [4.78, 5) is 27.3. The summed E-state index contributed by atoms with van der Waals surface area (Å²) in [5.74, 6) is 1.94. The maximum absolute atomic E-state index is 12.0. The topological polar surface area (TPSA) is 73.9 Å². The molecule has 0 aliphatic carbocycles. The average molecular weight is 363 g/mol. The zero-order valence-electron chi connectivity index (χ0n) is 14.0. The maximum Gasteiger partial charge on any atom is 0.251 e. The van der Waals surface area contributed by atoms with Gasteiger partial charge in [0.1, 0.15) is 17.8 Å². The summed E-state index contributed by atoms with van der Waals surface area (Å²) in [5.41, 5.74) is 3.93. The molecule has 1 amide bonds. The molecule has 5 rings (SSSR count). The quantitative estimate of drug-likeness (QED) is 0.732. The number of aromatic nitrogens is 3. The second kappa shape index (κ2) is 6.17. The second-order valence-electron chi connectivity index (χ2n) is 6.35. The lowest BCUT2D eigenvalue weighted by atomic mass is 9.98. The number of H-pyrrole nitrogens is 1. The lowest BCUT2D eigenvalue weighted by molar-refractivity contribution is 0.0946. The van der Waals surface area contributed by atoms with Crippen molar-refractivity contribution >= 4 is 39.4 Å². The fraction of sp³-hybridized carbons (Fsp3) is 0.211. The Labute approximate surface area is 154 Å². The Bertz CT molecular complexity index is 1040. The summed E-state index contributed by atoms with van der Waals surface area (Å²) in [6.45, 7) is 1.61. The highest BCUT2D eigenvalue weighted by molar-refractivity contribution is 8.08. The van der Waals surface area contributed by atoms with E-state index in [4.69, 9.17) is 0 Å². The van der Waals surface area contributed by atoms with Crippen LogP contribution in [0, 0.1) is 0 Å². The van der Waals surface area contributed by atoms with Crippen LogP contribution in [-0.4, -0.2) is 39.7 Å². The standard InChI is InChI=1S/C19H17N5OS/c25-19-14-2-1-13(9-12(14)3-5-21-19)16-10-24(7-8-26-16)18-15-4-6-20-17(15)22-11-23-18/h1-2,4,6,9-11H,3,5,7-8H2,(H,21,25)(H,20,22,23). The molecule has 7 heteroatoms. The van der Waals surface area contributed by atoms with E-state index in [1.54, 1.807) is 6.33 Å². The SMILES string of the molecule is O=C1NCCc2cc(C3=CN(c4ncnc5[nH]ccc45)CCS3)ccc21. The second-order valence-corrected chi connectivity index (χ2v) is 7.49. The molecule has 0 saturated carbocycles. The van der Waals surface area contributed by atoms with Gasteiger partial charge in [0.25, 0.3) is 5.91 Å². The van der Waals surface area contributed by atoms with Crippen molar-refractivity contribution < 1.29 is 4.79 Å². The number of fused-ring (bicyclic) bond motifs is 2. The minimum absolute atomic E-state index is 0.0283. The summed E-state index contributed by atoms with van der Waals surface area (Å²) >= 11 is 1.84. The number of nitrogens with zero attached hydrogens (tertiary/aromatic N) is 3. The van der Waals surface area contributed by atoms with E-state index in [2.05, 4.69) is 37.4 Å². The molecule has 1 aromatic carbocycles. The van der Waals surface area contributed by atoms with Crippen LogP contribution in [0.4, 0.5) is 5.82 Å². The van der Waals surface area contributed by atoms with Crippen LogP contribution in [0.5, 0.6) is 0 Å². The number of nitrogens with one attached hydrogen (secondary N) is 2. The molecule has 4 heterocycles. The minimum atomic E-state index is 0.0283. The van der Waals surface area contributed by atoms with Gasteiger partial charge in [-0.2, -0.15) is 0 Å². The predicted molar refractivity (Wildman–Crippen MR) is 104 cm³/mol. The largest absolute Gasteiger partial charge is 0.352 e. The van der Waals surface area contributed by atoms with Gasteiger partial charge in [-0.3, -0.25) is 4.79 Å². The maximum atomic E-state index is 12.0. The van der Waals surface area contributed by atoms with Crippen LogP contribution >= 0.6 is 11.8 Å². The number of amides is 1. The highest BCUT2D eigenvalue weighted by atomic mass is 32.2. The first-order valence-corrected chi connectivity index (χ1v) is 9.59. The van der Waals surface area contributed by atoms with Gasteiger partial charge in [0, 0.05) is 41.7 Å². The van der Waals surface area contributed by atoms with Crippen LogP contribution in [0.3, 0.4) is 0 Å². The van der Waals surface area contributed by atoms with Gasteiger partial charge < -0.3 is 15.2 Å². The molecule has 2 aromatic heterocycles. The Balaban J connectivity index is 1.53. The summed E-state index contributed by atoms with van der Waals surface area (Å²) < 4.78 is 0. The molecule has 26 heavy (non-hydrogen) atoms. The number of hydrogen-bond acceptors (Lipinski definition) is 5. The average Bonchev–Trinajstić information content (AvgIpc) is 3.17. The number of hydrogen-bond donors (Lipinski definition) is 2. The van der Waals surface area contributed by atoms with E-state index < -0.39 is 0 Å². The van der Waals surface area contributed by atoms with Crippen molar-refractivity contribution in [3.8, 4) is 0 Å². The van der Waals surface area contributed by atoms with Crippen molar-refractivity contribution in [2.75, 3.05) is 23.7 Å². The number of benzene rings is 1. The first-order chi connectivity index (χ1) is 12.8. The zero-order chi connectivity index (χ0) is 17.5. The smallest absolute Gasteiger partial charge is 0.251 e. The van der Waals surface area contributed by atoms with Gasteiger partial charge in [0.15, 0.2) is 0 Å². The van der Waals surface area contributed by atoms with Gasteiger partial charge in [-0.05, 0) is 35.7 Å². The third-order valence-electron chi connectivity index (χ3n) is 4.78. The fourth-order valence-corrected chi connectivity index (χ4v) is 4.49. The lowest BCUT2D eigenvalue weighted by Crippen LogP contribution is -2.31. The molecule has 2 aliphatic rings. The van der Waals surface area contributed by atoms with Gasteiger partial charge in [0.2, 0.25) is 0 Å². The number of rotatable bonds is 2. The molecule has 0 saturated heterocycles. The van der Waals surface area contributed by atoms with Crippen molar-refractivity contribution in [3.63, 3.8) is 0 Å². The van der Waals surface area contributed by atoms with Crippen molar-refractivity contribution in [1.29, 1.82) is 0 Å². The fourth-order valence-electron chi connectivity index (χ4n) is 3.49. The molecule has 2 aliphatic heterocycles.